The number of aliphatic imine (C=N–C) groups is 1. The Balaban J connectivity index is 2.65. The molecule has 0 aliphatic carbocycles. The third kappa shape index (κ3) is 7.75. The van der Waals surface area contributed by atoms with E-state index in [9.17, 15) is 8.42 Å². The maximum absolute atomic E-state index is 11.6. The van der Waals surface area contributed by atoms with Crippen LogP contribution in [-0.2, 0) is 16.6 Å². The predicted octanol–water partition coefficient (Wildman–Crippen LogP) is 2.52. The van der Waals surface area contributed by atoms with Crippen molar-refractivity contribution in [2.24, 2.45) is 4.99 Å². The van der Waals surface area contributed by atoms with Gasteiger partial charge in [-0.3, -0.25) is 4.99 Å². The van der Waals surface area contributed by atoms with Crippen LogP contribution in [0.2, 0.25) is 0 Å². The van der Waals surface area contributed by atoms with Crippen molar-refractivity contribution in [3.05, 3.63) is 34.3 Å². The lowest BCUT2D eigenvalue weighted by Gasteiger charge is -2.23. The molecule has 0 saturated heterocycles. The summed E-state index contributed by atoms with van der Waals surface area (Å²) < 4.78 is 25.7. The molecular weight excluding hydrogens is 404 g/mol. The molecule has 0 atom stereocenters. The summed E-state index contributed by atoms with van der Waals surface area (Å²) >= 11 is 3.57. The van der Waals surface area contributed by atoms with Crippen LogP contribution in [-0.4, -0.2) is 63.1 Å². The van der Waals surface area contributed by atoms with Gasteiger partial charge in [0, 0.05) is 44.2 Å². The van der Waals surface area contributed by atoms with Crippen LogP contribution in [0.4, 0.5) is 0 Å². The number of rotatable bonds is 9. The van der Waals surface area contributed by atoms with Gasteiger partial charge in [0.2, 0.25) is 10.0 Å². The first kappa shape index (κ1) is 21.9. The minimum Gasteiger partial charge on any atom is -0.357 e. The fourth-order valence-corrected chi connectivity index (χ4v) is 3.76. The third-order valence-corrected chi connectivity index (χ3v) is 5.86. The molecule has 1 aromatic rings. The van der Waals surface area contributed by atoms with Gasteiger partial charge in [0.15, 0.2) is 5.96 Å². The Morgan fingerprint density at radius 2 is 1.96 bits per heavy atom. The Bertz CT molecular complexity index is 664. The zero-order valence-corrected chi connectivity index (χ0v) is 17.9. The molecular formula is C17H29BrN4O2S. The zero-order chi connectivity index (χ0) is 18.9. The highest BCUT2D eigenvalue weighted by Gasteiger charge is 2.13. The number of nitrogens with zero attached hydrogens (tertiary/aromatic N) is 3. The number of guanidine groups is 1. The maximum Gasteiger partial charge on any atom is 0.211 e. The topological polar surface area (TPSA) is 65.0 Å². The molecule has 0 heterocycles. The van der Waals surface area contributed by atoms with Gasteiger partial charge in [0.05, 0.1) is 6.26 Å². The molecule has 0 fully saturated rings. The van der Waals surface area contributed by atoms with Crippen LogP contribution in [0.25, 0.3) is 0 Å². The highest BCUT2D eigenvalue weighted by atomic mass is 79.9. The minimum absolute atomic E-state index is 0.491. The smallest absolute Gasteiger partial charge is 0.211 e. The predicted molar refractivity (Wildman–Crippen MR) is 108 cm³/mol. The van der Waals surface area contributed by atoms with Crippen LogP contribution in [0.1, 0.15) is 25.8 Å². The molecule has 0 unspecified atom stereocenters. The van der Waals surface area contributed by atoms with Crippen LogP contribution < -0.4 is 5.32 Å². The molecule has 6 nitrogen and oxygen atoms in total. The molecule has 25 heavy (non-hydrogen) atoms. The van der Waals surface area contributed by atoms with Gasteiger partial charge in [-0.1, -0.05) is 41.1 Å². The summed E-state index contributed by atoms with van der Waals surface area (Å²) in [7, 11) is -1.14. The van der Waals surface area contributed by atoms with Gasteiger partial charge in [0.25, 0.3) is 0 Å². The van der Waals surface area contributed by atoms with Gasteiger partial charge in [-0.25, -0.2) is 12.7 Å². The molecule has 0 spiro atoms. The van der Waals surface area contributed by atoms with Gasteiger partial charge in [-0.2, -0.15) is 0 Å². The van der Waals surface area contributed by atoms with E-state index in [0.717, 1.165) is 23.5 Å². The average molecular weight is 433 g/mol. The largest absolute Gasteiger partial charge is 0.357 e. The zero-order valence-electron chi connectivity index (χ0n) is 15.5. The number of hydrogen-bond acceptors (Lipinski definition) is 3. The van der Waals surface area contributed by atoms with E-state index in [0.29, 0.717) is 26.1 Å². The van der Waals surface area contributed by atoms with Crippen molar-refractivity contribution in [1.29, 1.82) is 0 Å². The van der Waals surface area contributed by atoms with Crippen molar-refractivity contribution in [3.8, 4) is 0 Å². The van der Waals surface area contributed by atoms with Crippen LogP contribution in [0.15, 0.2) is 33.7 Å². The van der Waals surface area contributed by atoms with Gasteiger partial charge >= 0.3 is 0 Å². The van der Waals surface area contributed by atoms with Gasteiger partial charge < -0.3 is 10.2 Å². The summed E-state index contributed by atoms with van der Waals surface area (Å²) in [5, 5.41) is 3.28. The van der Waals surface area contributed by atoms with Crippen molar-refractivity contribution in [3.63, 3.8) is 0 Å². The summed E-state index contributed by atoms with van der Waals surface area (Å²) in [5.74, 6) is 0.820. The van der Waals surface area contributed by atoms with Gasteiger partial charge in [-0.05, 0) is 25.0 Å². The van der Waals surface area contributed by atoms with E-state index in [2.05, 4.69) is 37.2 Å². The van der Waals surface area contributed by atoms with Gasteiger partial charge in [-0.15, -0.1) is 0 Å². The van der Waals surface area contributed by atoms with Gasteiger partial charge in [0.1, 0.15) is 0 Å². The molecule has 0 radical (unpaired) electrons. The third-order valence-electron chi connectivity index (χ3n) is 3.71. The Labute approximate surface area is 160 Å². The Hall–Kier alpha value is -1.12. The van der Waals surface area contributed by atoms with E-state index in [1.54, 1.807) is 0 Å². The normalized spacial score (nSPS) is 12.5. The molecule has 0 aromatic heterocycles. The number of nitrogens with one attached hydrogen (secondary N) is 1. The SMILES string of the molecule is CCNC(=NCCCN(CC)S(C)(=O)=O)N(C)Cc1ccccc1Br. The minimum atomic E-state index is -3.13. The van der Waals surface area contributed by atoms with Crippen molar-refractivity contribution in [2.45, 2.75) is 26.8 Å². The van der Waals surface area contributed by atoms with E-state index < -0.39 is 10.0 Å². The monoisotopic (exact) mass is 432 g/mol. The molecule has 0 saturated carbocycles. The van der Waals surface area contributed by atoms with Crippen LogP contribution in [0.3, 0.4) is 0 Å². The van der Waals surface area contributed by atoms with Crippen molar-refractivity contribution in [2.75, 3.05) is 39.5 Å². The number of hydrogen-bond donors (Lipinski definition) is 1. The quantitative estimate of drug-likeness (QED) is 0.369. The standard InChI is InChI=1S/C17H29BrN4O2S/c1-5-19-17(20-12-9-13-22(6-2)25(4,23)24)21(3)14-15-10-7-8-11-16(15)18/h7-8,10-11H,5-6,9,12-14H2,1-4H3,(H,19,20). The second kappa shape index (κ2) is 10.8. The summed E-state index contributed by atoms with van der Waals surface area (Å²) in [5.41, 5.74) is 1.19. The van der Waals surface area contributed by atoms with Crippen molar-refractivity contribution < 1.29 is 8.42 Å². The maximum atomic E-state index is 11.6. The summed E-state index contributed by atoms with van der Waals surface area (Å²) in [6.07, 6.45) is 1.94. The second-order valence-electron chi connectivity index (χ2n) is 5.79. The molecule has 0 bridgehead atoms. The van der Waals surface area contributed by atoms with Crippen LogP contribution in [0.5, 0.6) is 0 Å². The second-order valence-corrected chi connectivity index (χ2v) is 8.63. The highest BCUT2D eigenvalue weighted by molar-refractivity contribution is 9.10. The lowest BCUT2D eigenvalue weighted by molar-refractivity contribution is 0.425. The molecule has 1 rings (SSSR count). The molecule has 1 aromatic carbocycles. The van der Waals surface area contributed by atoms with E-state index in [-0.39, 0.29) is 0 Å². The van der Waals surface area contributed by atoms with E-state index in [1.807, 2.05) is 39.1 Å². The van der Waals surface area contributed by atoms with Crippen LogP contribution in [0, 0.1) is 0 Å². The Kier molecular flexibility index (Phi) is 9.45. The van der Waals surface area contributed by atoms with E-state index in [1.165, 1.54) is 16.1 Å². The fourth-order valence-electron chi connectivity index (χ4n) is 2.42. The van der Waals surface area contributed by atoms with E-state index >= 15 is 0 Å². The lowest BCUT2D eigenvalue weighted by atomic mass is 10.2. The Morgan fingerprint density at radius 3 is 2.52 bits per heavy atom. The first-order chi connectivity index (χ1) is 11.8. The molecule has 0 amide bonds. The molecule has 0 aliphatic rings. The molecule has 0 aliphatic heterocycles. The number of benzene rings is 1. The molecule has 8 heteroatoms. The average Bonchev–Trinajstić information content (AvgIpc) is 2.54. The number of halogens is 1. The van der Waals surface area contributed by atoms with E-state index in [4.69, 9.17) is 0 Å². The lowest BCUT2D eigenvalue weighted by Crippen LogP contribution is -2.38. The summed E-state index contributed by atoms with van der Waals surface area (Å²) in [4.78, 5) is 6.69. The van der Waals surface area contributed by atoms with Crippen LogP contribution >= 0.6 is 15.9 Å². The number of sulfonamides is 1. The summed E-state index contributed by atoms with van der Waals surface area (Å²) in [6, 6.07) is 8.11. The molecule has 1 N–H and O–H groups in total. The first-order valence-electron chi connectivity index (χ1n) is 8.47. The van der Waals surface area contributed by atoms with Crippen molar-refractivity contribution in [1.82, 2.24) is 14.5 Å². The molecule has 142 valence electrons. The first-order valence-corrected chi connectivity index (χ1v) is 11.1. The Morgan fingerprint density at radius 1 is 1.28 bits per heavy atom. The van der Waals surface area contributed by atoms with Crippen molar-refractivity contribution >= 4 is 31.9 Å². The fraction of sp³-hybridized carbons (Fsp3) is 0.588. The highest BCUT2D eigenvalue weighted by Crippen LogP contribution is 2.17. The summed E-state index contributed by atoms with van der Waals surface area (Å²) in [6.45, 7) is 6.96.